The quantitative estimate of drug-likeness (QED) is 0.557. The van der Waals surface area contributed by atoms with E-state index in [0.29, 0.717) is 22.4 Å². The van der Waals surface area contributed by atoms with E-state index in [9.17, 15) is 4.79 Å². The Bertz CT molecular complexity index is 431. The molecule has 0 amide bonds. The van der Waals surface area contributed by atoms with Gasteiger partial charge in [-0.2, -0.15) is 0 Å². The van der Waals surface area contributed by atoms with E-state index in [1.54, 1.807) is 0 Å². The minimum atomic E-state index is -0.0293. The van der Waals surface area contributed by atoms with Crippen LogP contribution in [0.25, 0.3) is 0 Å². The van der Waals surface area contributed by atoms with Gasteiger partial charge in [0.25, 0.3) is 0 Å². The van der Waals surface area contributed by atoms with Crippen LogP contribution < -0.4 is 0 Å². The molecule has 128 valence electrons. The zero-order chi connectivity index (χ0) is 16.8. The zero-order valence-corrected chi connectivity index (χ0v) is 15.6. The van der Waals surface area contributed by atoms with Gasteiger partial charge in [0.1, 0.15) is 6.10 Å². The van der Waals surface area contributed by atoms with Crippen LogP contribution in [0.15, 0.2) is 0 Å². The van der Waals surface area contributed by atoms with Gasteiger partial charge in [0, 0.05) is 12.0 Å². The Morgan fingerprint density at radius 2 is 1.91 bits per heavy atom. The molecule has 0 spiro atoms. The van der Waals surface area contributed by atoms with Gasteiger partial charge < -0.3 is 14.1 Å². The maximum atomic E-state index is 12.4. The summed E-state index contributed by atoms with van der Waals surface area (Å²) in [4.78, 5) is 14.6. The number of fused-ring (bicyclic) bond motifs is 2. The molecule has 0 aromatic carbocycles. The van der Waals surface area contributed by atoms with Gasteiger partial charge in [0.05, 0.1) is 20.6 Å². The van der Waals surface area contributed by atoms with Crippen LogP contribution in [0, 0.1) is 16.7 Å². The molecular formula is C18H35N2O2+. The number of likely N-dealkylation sites (N-methyl/N-ethyl adjacent to an activating group) is 2. The molecule has 22 heavy (non-hydrogen) atoms. The second-order valence-corrected chi connectivity index (χ2v) is 9.21. The monoisotopic (exact) mass is 311 g/mol. The van der Waals surface area contributed by atoms with Gasteiger partial charge in [-0.1, -0.05) is 20.8 Å². The van der Waals surface area contributed by atoms with E-state index in [1.165, 1.54) is 12.8 Å². The minimum Gasteiger partial charge on any atom is -0.458 e. The summed E-state index contributed by atoms with van der Waals surface area (Å²) in [6.45, 7) is 9.44. The van der Waals surface area contributed by atoms with Crippen LogP contribution in [0.1, 0.15) is 40.0 Å². The SMILES string of the molecule is CN(C)CC[N+](C)(C)CC(=O)O[C@H]1C[C@H]2CC[C@@]1(C)C2(C)C. The van der Waals surface area contributed by atoms with Crippen LogP contribution in [0.2, 0.25) is 0 Å². The number of hydrogen-bond donors (Lipinski definition) is 0. The number of nitrogens with zero attached hydrogens (tertiary/aromatic N) is 2. The summed E-state index contributed by atoms with van der Waals surface area (Å²) in [5, 5.41) is 0. The first-order valence-electron chi connectivity index (χ1n) is 8.64. The van der Waals surface area contributed by atoms with Crippen molar-refractivity contribution in [3.05, 3.63) is 0 Å². The summed E-state index contributed by atoms with van der Waals surface area (Å²) in [7, 11) is 8.35. The number of rotatable bonds is 6. The van der Waals surface area contributed by atoms with Crippen molar-refractivity contribution in [3.63, 3.8) is 0 Å². The third kappa shape index (κ3) is 3.18. The first-order chi connectivity index (χ1) is 9.98. The molecule has 2 aliphatic carbocycles. The van der Waals surface area contributed by atoms with Gasteiger partial charge in [0.2, 0.25) is 0 Å². The average Bonchev–Trinajstić information content (AvgIpc) is 2.69. The Morgan fingerprint density at radius 3 is 2.36 bits per heavy atom. The van der Waals surface area contributed by atoms with E-state index < -0.39 is 0 Å². The van der Waals surface area contributed by atoms with Crippen LogP contribution in [0.4, 0.5) is 0 Å². The predicted molar refractivity (Wildman–Crippen MR) is 89.5 cm³/mol. The second kappa shape index (κ2) is 5.79. The normalized spacial score (nSPS) is 33.5. The fraction of sp³-hybridized carbons (Fsp3) is 0.944. The number of quaternary nitrogens is 1. The minimum absolute atomic E-state index is 0.0293. The highest BCUT2D eigenvalue weighted by Gasteiger charge is 2.62. The fourth-order valence-corrected chi connectivity index (χ4v) is 4.40. The van der Waals surface area contributed by atoms with Gasteiger partial charge in [0.15, 0.2) is 6.54 Å². The lowest BCUT2D eigenvalue weighted by Crippen LogP contribution is -2.49. The van der Waals surface area contributed by atoms with Crippen molar-refractivity contribution in [1.29, 1.82) is 0 Å². The lowest BCUT2D eigenvalue weighted by molar-refractivity contribution is -0.882. The summed E-state index contributed by atoms with van der Waals surface area (Å²) >= 11 is 0. The smallest absolute Gasteiger partial charge is 0.362 e. The van der Waals surface area contributed by atoms with Gasteiger partial charge in [-0.15, -0.1) is 0 Å². The maximum absolute atomic E-state index is 12.4. The van der Waals surface area contributed by atoms with E-state index >= 15 is 0 Å². The summed E-state index contributed by atoms with van der Waals surface area (Å²) in [6, 6.07) is 0. The summed E-state index contributed by atoms with van der Waals surface area (Å²) in [5.74, 6) is 0.685. The van der Waals surface area contributed by atoms with Crippen molar-refractivity contribution in [2.75, 3.05) is 47.8 Å². The second-order valence-electron chi connectivity index (χ2n) is 9.21. The Hall–Kier alpha value is -0.610. The number of carbonyl (C=O) groups excluding carboxylic acids is 1. The number of ether oxygens (including phenoxy) is 1. The molecule has 0 heterocycles. The summed E-state index contributed by atoms with van der Waals surface area (Å²) < 4.78 is 6.65. The molecule has 2 saturated carbocycles. The molecule has 4 nitrogen and oxygen atoms in total. The fourth-order valence-electron chi connectivity index (χ4n) is 4.40. The Morgan fingerprint density at radius 1 is 1.27 bits per heavy atom. The Kier molecular flexibility index (Phi) is 4.67. The molecular weight excluding hydrogens is 276 g/mol. The van der Waals surface area contributed by atoms with Crippen molar-refractivity contribution >= 4 is 5.97 Å². The highest BCUT2D eigenvalue weighted by atomic mass is 16.5. The molecule has 2 rings (SSSR count). The van der Waals surface area contributed by atoms with E-state index in [0.717, 1.165) is 19.5 Å². The molecule has 0 aromatic heterocycles. The molecule has 4 heteroatoms. The van der Waals surface area contributed by atoms with E-state index in [4.69, 9.17) is 4.74 Å². The maximum Gasteiger partial charge on any atom is 0.362 e. The highest BCUT2D eigenvalue weighted by molar-refractivity contribution is 5.71. The van der Waals surface area contributed by atoms with Crippen LogP contribution in [0.5, 0.6) is 0 Å². The largest absolute Gasteiger partial charge is 0.458 e. The topological polar surface area (TPSA) is 29.5 Å². The van der Waals surface area contributed by atoms with Crippen molar-refractivity contribution in [3.8, 4) is 0 Å². The summed E-state index contributed by atoms with van der Waals surface area (Å²) in [6.07, 6.45) is 3.66. The van der Waals surface area contributed by atoms with Crippen LogP contribution in [0.3, 0.4) is 0 Å². The number of esters is 1. The first-order valence-corrected chi connectivity index (χ1v) is 8.64. The van der Waals surface area contributed by atoms with Crippen molar-refractivity contribution in [2.45, 2.75) is 46.1 Å². The standard InChI is InChI=1S/C18H35N2O2/c1-17(2)14-8-9-18(17,3)15(12-14)22-16(21)13-20(6,7)11-10-19(4)5/h14-15H,8-13H2,1-7H3/q+1/t14-,15+,18-/m1/s1. The average molecular weight is 311 g/mol. The van der Waals surface area contributed by atoms with Crippen LogP contribution in [-0.2, 0) is 9.53 Å². The van der Waals surface area contributed by atoms with Crippen LogP contribution >= 0.6 is 0 Å². The zero-order valence-electron chi connectivity index (χ0n) is 15.6. The molecule has 0 N–H and O–H groups in total. The Balaban J connectivity index is 1.91. The molecule has 2 aliphatic rings. The van der Waals surface area contributed by atoms with Gasteiger partial charge in [-0.05, 0) is 44.7 Å². The van der Waals surface area contributed by atoms with E-state index in [2.05, 4.69) is 53.9 Å². The molecule has 2 fully saturated rings. The number of hydrogen-bond acceptors (Lipinski definition) is 3. The first kappa shape index (κ1) is 17.7. The molecule has 0 aliphatic heterocycles. The third-order valence-corrected chi connectivity index (χ3v) is 6.70. The Labute approximate surface area is 136 Å². The molecule has 0 aromatic rings. The van der Waals surface area contributed by atoms with E-state index in [-0.39, 0.29) is 17.5 Å². The molecule has 0 radical (unpaired) electrons. The molecule has 0 unspecified atom stereocenters. The predicted octanol–water partition coefficient (Wildman–Crippen LogP) is 2.38. The molecule has 2 bridgehead atoms. The lowest BCUT2D eigenvalue weighted by Gasteiger charge is -2.39. The molecule has 3 atom stereocenters. The van der Waals surface area contributed by atoms with Crippen LogP contribution in [-0.4, -0.2) is 69.3 Å². The van der Waals surface area contributed by atoms with Gasteiger partial charge in [-0.3, -0.25) is 0 Å². The highest BCUT2D eigenvalue weighted by Crippen LogP contribution is 2.66. The van der Waals surface area contributed by atoms with Gasteiger partial charge in [-0.25, -0.2) is 4.79 Å². The van der Waals surface area contributed by atoms with Gasteiger partial charge >= 0.3 is 5.97 Å². The van der Waals surface area contributed by atoms with Crippen molar-refractivity contribution in [1.82, 2.24) is 4.90 Å². The van der Waals surface area contributed by atoms with Crippen molar-refractivity contribution in [2.24, 2.45) is 16.7 Å². The third-order valence-electron chi connectivity index (χ3n) is 6.70. The lowest BCUT2D eigenvalue weighted by atomic mass is 9.70. The summed E-state index contributed by atoms with van der Waals surface area (Å²) in [5.41, 5.74) is 0.460. The van der Waals surface area contributed by atoms with Crippen molar-refractivity contribution < 1.29 is 14.0 Å². The van der Waals surface area contributed by atoms with E-state index in [1.807, 2.05) is 0 Å². The number of carbonyl (C=O) groups is 1. The molecule has 0 saturated heterocycles.